The molecule has 1 fully saturated rings. The van der Waals surface area contributed by atoms with Crippen LogP contribution < -0.4 is 4.90 Å². The molecular weight excluding hydrogens is 420 g/mol. The number of aryl methyl sites for hydroxylation is 2. The van der Waals surface area contributed by atoms with Crippen LogP contribution in [0.1, 0.15) is 46.3 Å². The molecule has 2 aromatic carbocycles. The molecular formula is C26H29ClN4O. The fraction of sp³-hybridized carbons (Fsp3) is 0.346. The predicted molar refractivity (Wildman–Crippen MR) is 130 cm³/mol. The van der Waals surface area contributed by atoms with E-state index in [0.717, 1.165) is 56.2 Å². The van der Waals surface area contributed by atoms with E-state index in [9.17, 15) is 4.79 Å². The topological polar surface area (TPSA) is 49.3 Å². The lowest BCUT2D eigenvalue weighted by Crippen LogP contribution is -2.35. The first-order valence-corrected chi connectivity index (χ1v) is 11.6. The fourth-order valence-corrected chi connectivity index (χ4v) is 4.50. The Morgan fingerprint density at radius 2 is 1.81 bits per heavy atom. The number of benzene rings is 2. The molecule has 2 heterocycles. The fourth-order valence-electron chi connectivity index (χ4n) is 4.31. The second-order valence-electron chi connectivity index (χ2n) is 8.18. The van der Waals surface area contributed by atoms with Crippen molar-refractivity contribution in [3.05, 3.63) is 87.8 Å². The first-order valence-electron chi connectivity index (χ1n) is 11.2. The molecule has 1 aromatic heterocycles. The van der Waals surface area contributed by atoms with Crippen LogP contribution in [0.4, 0.5) is 5.82 Å². The monoisotopic (exact) mass is 448 g/mol. The Bertz CT molecular complexity index is 1090. The smallest absolute Gasteiger partial charge is 0.253 e. The summed E-state index contributed by atoms with van der Waals surface area (Å²) >= 11 is 6.10. The highest BCUT2D eigenvalue weighted by molar-refractivity contribution is 6.30. The van der Waals surface area contributed by atoms with Crippen LogP contribution in [-0.4, -0.2) is 47.0 Å². The third-order valence-corrected chi connectivity index (χ3v) is 6.13. The van der Waals surface area contributed by atoms with Gasteiger partial charge in [-0.1, -0.05) is 54.9 Å². The van der Waals surface area contributed by atoms with Gasteiger partial charge in [0.1, 0.15) is 11.6 Å². The highest BCUT2D eigenvalue weighted by Crippen LogP contribution is 2.26. The van der Waals surface area contributed by atoms with Crippen molar-refractivity contribution in [3.63, 3.8) is 0 Å². The summed E-state index contributed by atoms with van der Waals surface area (Å²) in [6.45, 7) is 7.09. The molecule has 1 amide bonds. The number of carbonyl (C=O) groups is 1. The maximum atomic E-state index is 13.0. The number of halogens is 1. The molecule has 1 aliphatic heterocycles. The van der Waals surface area contributed by atoms with Crippen LogP contribution >= 0.6 is 11.6 Å². The van der Waals surface area contributed by atoms with Gasteiger partial charge < -0.3 is 9.80 Å². The molecule has 0 N–H and O–H groups in total. The van der Waals surface area contributed by atoms with Gasteiger partial charge in [0.15, 0.2) is 0 Å². The number of hydrogen-bond donors (Lipinski definition) is 0. The minimum atomic E-state index is 0.0342. The van der Waals surface area contributed by atoms with Crippen LogP contribution in [0.15, 0.2) is 54.6 Å². The molecule has 0 bridgehead atoms. The van der Waals surface area contributed by atoms with Crippen LogP contribution in [0.2, 0.25) is 5.02 Å². The Labute approximate surface area is 195 Å². The summed E-state index contributed by atoms with van der Waals surface area (Å²) in [5, 5.41) is 0.585. The second-order valence-corrected chi connectivity index (χ2v) is 8.62. The molecule has 0 aliphatic carbocycles. The van der Waals surface area contributed by atoms with Crippen LogP contribution in [0.25, 0.3) is 0 Å². The minimum Gasteiger partial charge on any atom is -0.354 e. The van der Waals surface area contributed by atoms with E-state index in [1.807, 2.05) is 30.0 Å². The molecule has 1 aliphatic rings. The molecule has 6 heteroatoms. The largest absolute Gasteiger partial charge is 0.354 e. The van der Waals surface area contributed by atoms with E-state index in [1.54, 1.807) is 12.1 Å². The third-order valence-electron chi connectivity index (χ3n) is 5.90. The lowest BCUT2D eigenvalue weighted by atomic mass is 10.0. The highest BCUT2D eigenvalue weighted by atomic mass is 35.5. The number of anilines is 1. The SMILES string of the molecule is CCc1nc(C)nc(N2CCCN(C(=O)c3cccc(Cl)c3)CC2)c1Cc1ccccc1. The maximum Gasteiger partial charge on any atom is 0.253 e. The number of aromatic nitrogens is 2. The van der Waals surface area contributed by atoms with E-state index in [0.29, 0.717) is 17.1 Å². The molecule has 0 saturated carbocycles. The molecule has 0 atom stereocenters. The van der Waals surface area contributed by atoms with Crippen molar-refractivity contribution in [1.29, 1.82) is 0 Å². The zero-order chi connectivity index (χ0) is 22.5. The number of amides is 1. The second kappa shape index (κ2) is 10.1. The maximum absolute atomic E-state index is 13.0. The Morgan fingerprint density at radius 3 is 2.56 bits per heavy atom. The molecule has 4 rings (SSSR count). The van der Waals surface area contributed by atoms with Gasteiger partial charge in [0.05, 0.1) is 0 Å². The van der Waals surface area contributed by atoms with Gasteiger partial charge >= 0.3 is 0 Å². The summed E-state index contributed by atoms with van der Waals surface area (Å²) in [5.41, 5.74) is 4.19. The predicted octanol–water partition coefficient (Wildman–Crippen LogP) is 4.94. The highest BCUT2D eigenvalue weighted by Gasteiger charge is 2.24. The minimum absolute atomic E-state index is 0.0342. The van der Waals surface area contributed by atoms with E-state index >= 15 is 0 Å². The van der Waals surface area contributed by atoms with E-state index < -0.39 is 0 Å². The lowest BCUT2D eigenvalue weighted by Gasteiger charge is -2.26. The summed E-state index contributed by atoms with van der Waals surface area (Å²) in [6.07, 6.45) is 2.56. The molecule has 5 nitrogen and oxygen atoms in total. The average Bonchev–Trinajstić information content (AvgIpc) is 3.06. The van der Waals surface area contributed by atoms with Crippen molar-refractivity contribution in [2.24, 2.45) is 0 Å². The van der Waals surface area contributed by atoms with Gasteiger partial charge in [0, 0.05) is 54.4 Å². The zero-order valence-electron chi connectivity index (χ0n) is 18.7. The summed E-state index contributed by atoms with van der Waals surface area (Å²) in [4.78, 5) is 26.9. The summed E-state index contributed by atoms with van der Waals surface area (Å²) < 4.78 is 0. The van der Waals surface area contributed by atoms with Crippen molar-refractivity contribution in [2.75, 3.05) is 31.1 Å². The van der Waals surface area contributed by atoms with Gasteiger partial charge in [-0.3, -0.25) is 4.79 Å². The van der Waals surface area contributed by atoms with E-state index in [2.05, 4.69) is 36.1 Å². The zero-order valence-corrected chi connectivity index (χ0v) is 19.5. The third kappa shape index (κ3) is 5.10. The Kier molecular flexibility index (Phi) is 7.05. The van der Waals surface area contributed by atoms with E-state index in [-0.39, 0.29) is 5.91 Å². The van der Waals surface area contributed by atoms with Gasteiger partial charge in [0.25, 0.3) is 5.91 Å². The summed E-state index contributed by atoms with van der Waals surface area (Å²) in [5.74, 6) is 1.84. The van der Waals surface area contributed by atoms with Crippen molar-refractivity contribution in [2.45, 2.75) is 33.1 Å². The quantitative estimate of drug-likeness (QED) is 0.554. The Hall–Kier alpha value is -2.92. The average molecular weight is 449 g/mol. The van der Waals surface area contributed by atoms with Crippen LogP contribution in [0, 0.1) is 6.92 Å². The standard InChI is InChI=1S/C26H29ClN4O/c1-3-24-23(17-20-9-5-4-6-10-20)25(29-19(2)28-24)30-13-8-14-31(16-15-30)26(32)21-11-7-12-22(27)18-21/h4-7,9-12,18H,3,8,13-17H2,1-2H3. The van der Waals surface area contributed by atoms with Crippen molar-refractivity contribution < 1.29 is 4.79 Å². The molecule has 0 unspecified atom stereocenters. The van der Waals surface area contributed by atoms with Gasteiger partial charge in [0.2, 0.25) is 0 Å². The summed E-state index contributed by atoms with van der Waals surface area (Å²) in [6, 6.07) is 17.7. The van der Waals surface area contributed by atoms with E-state index in [4.69, 9.17) is 21.6 Å². The first kappa shape index (κ1) is 22.3. The van der Waals surface area contributed by atoms with Gasteiger partial charge in [-0.2, -0.15) is 0 Å². The number of nitrogens with zero attached hydrogens (tertiary/aromatic N) is 4. The van der Waals surface area contributed by atoms with Crippen LogP contribution in [-0.2, 0) is 12.8 Å². The first-order chi connectivity index (χ1) is 15.5. The van der Waals surface area contributed by atoms with Crippen LogP contribution in [0.3, 0.4) is 0 Å². The van der Waals surface area contributed by atoms with Gasteiger partial charge in [-0.15, -0.1) is 0 Å². The molecule has 32 heavy (non-hydrogen) atoms. The molecule has 0 spiro atoms. The van der Waals surface area contributed by atoms with Crippen LogP contribution in [0.5, 0.6) is 0 Å². The number of hydrogen-bond acceptors (Lipinski definition) is 4. The Balaban J connectivity index is 1.58. The number of carbonyl (C=O) groups excluding carboxylic acids is 1. The normalized spacial score (nSPS) is 14.3. The lowest BCUT2D eigenvalue weighted by molar-refractivity contribution is 0.0767. The Morgan fingerprint density at radius 1 is 1.00 bits per heavy atom. The number of rotatable bonds is 5. The van der Waals surface area contributed by atoms with Crippen molar-refractivity contribution >= 4 is 23.3 Å². The van der Waals surface area contributed by atoms with Gasteiger partial charge in [-0.05, 0) is 43.5 Å². The molecule has 0 radical (unpaired) electrons. The summed E-state index contributed by atoms with van der Waals surface area (Å²) in [7, 11) is 0. The van der Waals surface area contributed by atoms with Gasteiger partial charge in [-0.25, -0.2) is 9.97 Å². The van der Waals surface area contributed by atoms with E-state index in [1.165, 1.54) is 11.1 Å². The molecule has 166 valence electrons. The molecule has 1 saturated heterocycles. The van der Waals surface area contributed by atoms with Crippen molar-refractivity contribution in [1.82, 2.24) is 14.9 Å². The van der Waals surface area contributed by atoms with Crippen molar-refractivity contribution in [3.8, 4) is 0 Å². The molecule has 3 aromatic rings.